The molecule has 1 unspecified atom stereocenters. The van der Waals surface area contributed by atoms with Gasteiger partial charge in [-0.05, 0) is 38.0 Å². The first-order valence-electron chi connectivity index (χ1n) is 10.8. The van der Waals surface area contributed by atoms with Crippen LogP contribution in [0.4, 0.5) is 5.69 Å². The molecule has 3 rings (SSSR count). The highest BCUT2D eigenvalue weighted by Crippen LogP contribution is 2.33. The molecule has 1 saturated carbocycles. The van der Waals surface area contributed by atoms with Crippen molar-refractivity contribution >= 4 is 22.6 Å². The summed E-state index contributed by atoms with van der Waals surface area (Å²) in [5.41, 5.74) is 4.43. The summed E-state index contributed by atoms with van der Waals surface area (Å²) in [7, 11) is 2.67. The summed E-state index contributed by atoms with van der Waals surface area (Å²) in [5, 5.41) is 4.58. The number of fused-ring (bicyclic) bond motifs is 1. The van der Waals surface area contributed by atoms with E-state index >= 15 is 0 Å². The van der Waals surface area contributed by atoms with Crippen LogP contribution in [-0.2, 0) is 11.0 Å². The van der Waals surface area contributed by atoms with Crippen molar-refractivity contribution in [2.75, 3.05) is 25.3 Å². The summed E-state index contributed by atoms with van der Waals surface area (Å²) in [4.78, 5) is 16.3. The molecule has 6 heteroatoms. The molecule has 31 heavy (non-hydrogen) atoms. The van der Waals surface area contributed by atoms with E-state index in [-0.39, 0.29) is 5.91 Å². The van der Waals surface area contributed by atoms with E-state index in [1.54, 1.807) is 11.9 Å². The van der Waals surface area contributed by atoms with Gasteiger partial charge in [0.1, 0.15) is 0 Å². The monoisotopic (exact) mass is 445 g/mol. The zero-order valence-electron chi connectivity index (χ0n) is 20.0. The molecule has 5 nitrogen and oxygen atoms in total. The third-order valence-electron chi connectivity index (χ3n) is 5.34. The molecule has 1 atom stereocenters. The average Bonchev–Trinajstić information content (AvgIpc) is 2.79. The predicted octanol–water partition coefficient (Wildman–Crippen LogP) is 5.40. The molecule has 2 N–H and O–H groups in total. The number of carbonyl (C=O) groups is 1. The second-order valence-corrected chi connectivity index (χ2v) is 9.23. The molecular formula is C25H39N3O2S. The molecule has 1 aliphatic carbocycles. The maximum Gasteiger partial charge on any atom is 0.260 e. The lowest BCUT2D eigenvalue weighted by molar-refractivity contribution is 0.0842. The van der Waals surface area contributed by atoms with Crippen LogP contribution < -0.4 is 10.0 Å². The number of likely N-dealkylation sites (N-methyl/N-ethyl adjacent to an activating group) is 2. The van der Waals surface area contributed by atoms with Crippen LogP contribution in [0, 0.1) is 5.92 Å². The van der Waals surface area contributed by atoms with Gasteiger partial charge in [-0.15, -0.1) is 0 Å². The topological polar surface area (TPSA) is 66.6 Å². The summed E-state index contributed by atoms with van der Waals surface area (Å²) in [6.07, 6.45) is 12.8. The maximum absolute atomic E-state index is 12.6. The lowest BCUT2D eigenvalue weighted by Gasteiger charge is -2.25. The van der Waals surface area contributed by atoms with E-state index < -0.39 is 11.0 Å². The summed E-state index contributed by atoms with van der Waals surface area (Å²) in [6, 6.07) is 7.66. The Labute approximate surface area is 191 Å². The summed E-state index contributed by atoms with van der Waals surface area (Å²) in [5.74, 6) is 1.04. The van der Waals surface area contributed by atoms with Crippen LogP contribution in [0.15, 0.2) is 60.0 Å². The normalized spacial score (nSPS) is 20.2. The molecule has 0 radical (unpaired) electrons. The molecule has 0 aromatic heterocycles. The van der Waals surface area contributed by atoms with Gasteiger partial charge in [-0.3, -0.25) is 9.93 Å². The highest BCUT2D eigenvalue weighted by atomic mass is 32.2. The fraction of sp³-hybridized carbons (Fsp3) is 0.480. The van der Waals surface area contributed by atoms with Gasteiger partial charge in [-0.2, -0.15) is 0 Å². The van der Waals surface area contributed by atoms with Crippen molar-refractivity contribution in [1.82, 2.24) is 4.90 Å². The summed E-state index contributed by atoms with van der Waals surface area (Å²) >= 11 is 0. The zero-order valence-corrected chi connectivity index (χ0v) is 20.8. The van der Waals surface area contributed by atoms with E-state index in [9.17, 15) is 9.00 Å². The molecule has 0 saturated heterocycles. The first-order valence-corrected chi connectivity index (χ1v) is 12.4. The number of nitrogens with two attached hydrogens (primary N) is 1. The van der Waals surface area contributed by atoms with Crippen molar-refractivity contribution in [2.45, 2.75) is 52.9 Å². The number of benzene rings is 1. The van der Waals surface area contributed by atoms with Gasteiger partial charge in [0, 0.05) is 20.4 Å². The SMILES string of the molecule is C=C(C)/C=C1\C(=C/C)N(C)C(=O)c2ccccc2N1C.CC1CCCCC1.CS(N)=O. The van der Waals surface area contributed by atoms with Crippen LogP contribution >= 0.6 is 0 Å². The van der Waals surface area contributed by atoms with E-state index in [2.05, 4.69) is 18.6 Å². The number of rotatable bonds is 1. The molecule has 1 heterocycles. The van der Waals surface area contributed by atoms with E-state index in [0.29, 0.717) is 5.56 Å². The smallest absolute Gasteiger partial charge is 0.260 e. The van der Waals surface area contributed by atoms with Gasteiger partial charge in [0.25, 0.3) is 5.91 Å². The molecule has 172 valence electrons. The minimum atomic E-state index is -1.11. The molecular weight excluding hydrogens is 406 g/mol. The number of hydrogen-bond donors (Lipinski definition) is 1. The fourth-order valence-corrected chi connectivity index (χ4v) is 3.76. The average molecular weight is 446 g/mol. The summed E-state index contributed by atoms with van der Waals surface area (Å²) < 4.78 is 9.33. The number of hydrogen-bond acceptors (Lipinski definition) is 3. The van der Waals surface area contributed by atoms with Crippen molar-refractivity contribution in [3.63, 3.8) is 0 Å². The molecule has 1 aromatic carbocycles. The van der Waals surface area contributed by atoms with Crippen molar-refractivity contribution in [2.24, 2.45) is 11.1 Å². The standard InChI is InChI=1S/C17H20N2O.C7H14.CH5NOS/c1-6-14-16(11-12(2)3)18(4)15-10-8-7-9-13(15)17(20)19(14)5;1-7-5-3-2-4-6-7;1-4(2)3/h6-11H,2H2,1,3-5H3;7H,2-6H2,1H3;2H2,1H3/b14-6+,16-11+;;. The minimum Gasteiger partial charge on any atom is -0.342 e. The number of amides is 1. The van der Waals surface area contributed by atoms with Crippen LogP contribution in [0.2, 0.25) is 0 Å². The van der Waals surface area contributed by atoms with Crippen LogP contribution in [-0.4, -0.2) is 35.4 Å². The Morgan fingerprint density at radius 2 is 1.68 bits per heavy atom. The highest BCUT2D eigenvalue weighted by molar-refractivity contribution is 7.81. The lowest BCUT2D eigenvalue weighted by Crippen LogP contribution is -2.26. The van der Waals surface area contributed by atoms with Crippen LogP contribution in [0.25, 0.3) is 0 Å². The Balaban J connectivity index is 0.000000358. The highest BCUT2D eigenvalue weighted by Gasteiger charge is 2.28. The number of allylic oxidation sites excluding steroid dienone is 3. The quantitative estimate of drug-likeness (QED) is 0.629. The fourth-order valence-electron chi connectivity index (χ4n) is 3.76. The molecule has 2 aliphatic rings. The largest absolute Gasteiger partial charge is 0.342 e. The van der Waals surface area contributed by atoms with Gasteiger partial charge in [0.2, 0.25) is 0 Å². The van der Waals surface area contributed by atoms with Crippen molar-refractivity contribution in [1.29, 1.82) is 0 Å². The number of para-hydroxylation sites is 1. The van der Waals surface area contributed by atoms with Crippen LogP contribution in [0.3, 0.4) is 0 Å². The molecule has 1 aliphatic heterocycles. The first kappa shape index (κ1) is 26.9. The molecule has 0 spiro atoms. The Bertz CT molecular complexity index is 835. The van der Waals surface area contributed by atoms with Crippen molar-refractivity contribution in [3.05, 3.63) is 65.5 Å². The minimum absolute atomic E-state index is 0.00525. The van der Waals surface area contributed by atoms with Gasteiger partial charge in [0.05, 0.1) is 33.6 Å². The van der Waals surface area contributed by atoms with Gasteiger partial charge in [-0.1, -0.05) is 69.4 Å². The molecule has 1 amide bonds. The van der Waals surface area contributed by atoms with Crippen LogP contribution in [0.5, 0.6) is 0 Å². The Hall–Kier alpha value is -2.18. The third kappa shape index (κ3) is 8.46. The van der Waals surface area contributed by atoms with Crippen molar-refractivity contribution < 1.29 is 9.00 Å². The second kappa shape index (κ2) is 13.3. The third-order valence-corrected chi connectivity index (χ3v) is 5.34. The molecule has 0 bridgehead atoms. The Kier molecular flexibility index (Phi) is 11.5. The Morgan fingerprint density at radius 1 is 1.13 bits per heavy atom. The maximum atomic E-state index is 12.6. The molecule has 1 fully saturated rings. The number of carbonyl (C=O) groups excluding carboxylic acids is 1. The van der Waals surface area contributed by atoms with E-state index in [0.717, 1.165) is 28.6 Å². The van der Waals surface area contributed by atoms with E-state index in [1.807, 2.05) is 62.2 Å². The van der Waals surface area contributed by atoms with E-state index in [4.69, 9.17) is 0 Å². The Morgan fingerprint density at radius 3 is 2.13 bits per heavy atom. The van der Waals surface area contributed by atoms with Gasteiger partial charge < -0.3 is 9.80 Å². The zero-order chi connectivity index (χ0) is 23.6. The molecule has 1 aromatic rings. The van der Waals surface area contributed by atoms with Crippen molar-refractivity contribution in [3.8, 4) is 0 Å². The lowest BCUT2D eigenvalue weighted by atomic mass is 9.91. The van der Waals surface area contributed by atoms with Gasteiger partial charge >= 0.3 is 0 Å². The van der Waals surface area contributed by atoms with Gasteiger partial charge in [0.15, 0.2) is 0 Å². The number of nitrogens with zero attached hydrogens (tertiary/aromatic N) is 2. The van der Waals surface area contributed by atoms with Gasteiger partial charge in [-0.25, -0.2) is 4.21 Å². The van der Waals surface area contributed by atoms with Crippen LogP contribution in [0.1, 0.15) is 63.2 Å². The van der Waals surface area contributed by atoms with E-state index in [1.165, 1.54) is 38.4 Å². The second-order valence-electron chi connectivity index (χ2n) is 8.23. The summed E-state index contributed by atoms with van der Waals surface area (Å²) in [6.45, 7) is 10.2. The number of anilines is 1. The predicted molar refractivity (Wildman–Crippen MR) is 134 cm³/mol. The first-order chi connectivity index (χ1) is 14.6.